The van der Waals surface area contributed by atoms with Crippen molar-refractivity contribution in [2.75, 3.05) is 0 Å². The molecule has 4 nitrogen and oxygen atoms in total. The topological polar surface area (TPSA) is 47.6 Å². The maximum atomic E-state index is 12.8. The minimum atomic E-state index is -2.82. The smallest absolute Gasteiger partial charge is 0.420 e. The summed E-state index contributed by atoms with van der Waals surface area (Å²) in [7, 11) is -9.38. The SMILES string of the molecule is CCC([Si](C)(C)[O])[Si](O[SiH](C)C)(O[SiH](C)C)O[SiH](C)C. The van der Waals surface area contributed by atoms with Crippen LogP contribution in [0.5, 0.6) is 0 Å². The van der Waals surface area contributed by atoms with E-state index < -0.39 is 44.2 Å². The lowest BCUT2D eigenvalue weighted by Crippen LogP contribution is -2.62. The highest BCUT2D eigenvalue weighted by molar-refractivity contribution is 6.92. The Kier molecular flexibility index (Phi) is 8.92. The highest BCUT2D eigenvalue weighted by Crippen LogP contribution is 2.37. The minimum Gasteiger partial charge on any atom is -0.420 e. The van der Waals surface area contributed by atoms with Crippen LogP contribution >= 0.6 is 0 Å². The van der Waals surface area contributed by atoms with E-state index in [1.54, 1.807) is 0 Å². The lowest BCUT2D eigenvalue weighted by atomic mass is 10.6. The molecule has 121 valence electrons. The average molecular weight is 370 g/mol. The van der Waals surface area contributed by atoms with Crippen molar-refractivity contribution in [2.24, 2.45) is 0 Å². The molecule has 0 aliphatic rings. The molecule has 0 aliphatic carbocycles. The van der Waals surface area contributed by atoms with Crippen molar-refractivity contribution in [3.05, 3.63) is 0 Å². The summed E-state index contributed by atoms with van der Waals surface area (Å²) < 4.78 is 19.1. The van der Waals surface area contributed by atoms with Crippen LogP contribution in [0, 0.1) is 0 Å². The van der Waals surface area contributed by atoms with E-state index in [2.05, 4.69) is 46.2 Å². The van der Waals surface area contributed by atoms with Gasteiger partial charge < -0.3 is 12.3 Å². The van der Waals surface area contributed by atoms with Gasteiger partial charge in [-0.2, -0.15) is 0 Å². The fraction of sp³-hybridized carbons (Fsp3) is 1.00. The van der Waals surface area contributed by atoms with E-state index in [4.69, 9.17) is 12.3 Å². The van der Waals surface area contributed by atoms with Crippen LogP contribution in [0.15, 0.2) is 0 Å². The van der Waals surface area contributed by atoms with E-state index in [0.717, 1.165) is 6.42 Å². The fourth-order valence-corrected chi connectivity index (χ4v) is 21.2. The highest BCUT2D eigenvalue weighted by atomic mass is 28.5. The molecular formula is C11H33O4Si5. The van der Waals surface area contributed by atoms with Gasteiger partial charge in [0.25, 0.3) is 0 Å². The van der Waals surface area contributed by atoms with Gasteiger partial charge in [-0.25, -0.2) is 0 Å². The Hall–Kier alpha value is 0.924. The van der Waals surface area contributed by atoms with Crippen molar-refractivity contribution in [2.45, 2.75) is 70.9 Å². The van der Waals surface area contributed by atoms with Gasteiger partial charge in [-0.05, 0) is 58.8 Å². The standard InChI is InChI=1S/C11H33O4Si5/c1-10-11(19(8,9)12)20(13-16(2)3,14-17(4)5)15-18(6)7/h11,16-18H,10H2,1-9H3. The van der Waals surface area contributed by atoms with E-state index in [1.807, 2.05) is 13.1 Å². The maximum absolute atomic E-state index is 12.8. The first-order chi connectivity index (χ1) is 8.94. The maximum Gasteiger partial charge on any atom is 0.471 e. The molecule has 0 rings (SSSR count). The highest BCUT2D eigenvalue weighted by Gasteiger charge is 2.57. The summed E-state index contributed by atoms with van der Waals surface area (Å²) in [5, 5.41) is -0.0188. The van der Waals surface area contributed by atoms with Gasteiger partial charge in [0.05, 0.1) is 0 Å². The fourth-order valence-electron chi connectivity index (χ4n) is 2.48. The third-order valence-corrected chi connectivity index (χ3v) is 19.0. The summed E-state index contributed by atoms with van der Waals surface area (Å²) in [5.41, 5.74) is 0. The zero-order valence-corrected chi connectivity index (χ0v) is 20.1. The van der Waals surface area contributed by atoms with E-state index >= 15 is 0 Å². The predicted octanol–water partition coefficient (Wildman–Crippen LogP) is 2.88. The first-order valence-electron chi connectivity index (χ1n) is 7.68. The third kappa shape index (κ3) is 6.79. The molecule has 9 heteroatoms. The average Bonchev–Trinajstić information content (AvgIpc) is 2.10. The molecule has 0 bridgehead atoms. The van der Waals surface area contributed by atoms with Crippen molar-refractivity contribution in [3.63, 3.8) is 0 Å². The van der Waals surface area contributed by atoms with Gasteiger partial charge in [0.1, 0.15) is 0 Å². The number of hydrogen-bond donors (Lipinski definition) is 0. The molecule has 1 unspecified atom stereocenters. The molecule has 0 fully saturated rings. The van der Waals surface area contributed by atoms with Crippen LogP contribution in [0.3, 0.4) is 0 Å². The van der Waals surface area contributed by atoms with Crippen molar-refractivity contribution in [3.8, 4) is 0 Å². The Morgan fingerprint density at radius 3 is 1.30 bits per heavy atom. The van der Waals surface area contributed by atoms with Crippen LogP contribution in [0.1, 0.15) is 13.3 Å². The van der Waals surface area contributed by atoms with Crippen LogP contribution in [0.25, 0.3) is 0 Å². The van der Waals surface area contributed by atoms with E-state index in [9.17, 15) is 4.80 Å². The summed E-state index contributed by atoms with van der Waals surface area (Å²) in [5.74, 6) is 0. The Labute approximate surface area is 132 Å². The molecule has 0 saturated heterocycles. The second-order valence-corrected chi connectivity index (χ2v) is 22.2. The summed E-state index contributed by atoms with van der Waals surface area (Å²) in [6.07, 6.45) is 0.818. The monoisotopic (exact) mass is 369 g/mol. The van der Waals surface area contributed by atoms with Gasteiger partial charge >= 0.3 is 8.80 Å². The molecule has 0 aliphatic heterocycles. The van der Waals surface area contributed by atoms with Gasteiger partial charge in [0, 0.05) is 5.16 Å². The molecule has 0 aromatic carbocycles. The molecule has 1 radical (unpaired) electrons. The summed E-state index contributed by atoms with van der Waals surface area (Å²) in [6, 6.07) is 0. The molecule has 0 amide bonds. The predicted molar refractivity (Wildman–Crippen MR) is 97.8 cm³/mol. The molecule has 0 N–H and O–H groups in total. The van der Waals surface area contributed by atoms with Crippen molar-refractivity contribution in [1.82, 2.24) is 0 Å². The summed E-state index contributed by atoms with van der Waals surface area (Å²) in [6.45, 7) is 18.7. The Morgan fingerprint density at radius 2 is 1.15 bits per heavy atom. The quantitative estimate of drug-likeness (QED) is 0.587. The Bertz CT molecular complexity index is 254. The van der Waals surface area contributed by atoms with Crippen LogP contribution < -0.4 is 0 Å². The lowest BCUT2D eigenvalue weighted by Gasteiger charge is -2.43. The summed E-state index contributed by atoms with van der Waals surface area (Å²) >= 11 is 0. The van der Waals surface area contributed by atoms with Gasteiger partial charge in [0.2, 0.25) is 8.32 Å². The molecule has 20 heavy (non-hydrogen) atoms. The minimum absolute atomic E-state index is 0.0188. The molecule has 0 spiro atoms. The van der Waals surface area contributed by atoms with E-state index in [1.165, 1.54) is 0 Å². The zero-order chi connectivity index (χ0) is 16.1. The van der Waals surface area contributed by atoms with Crippen molar-refractivity contribution in [1.29, 1.82) is 0 Å². The van der Waals surface area contributed by atoms with Crippen LogP contribution in [-0.2, 0) is 17.1 Å². The third-order valence-electron chi connectivity index (χ3n) is 2.87. The van der Waals surface area contributed by atoms with Crippen LogP contribution in [-0.4, -0.2) is 44.2 Å². The Morgan fingerprint density at radius 1 is 0.850 bits per heavy atom. The second-order valence-electron chi connectivity index (χ2n) is 6.67. The number of hydrogen-bond acceptors (Lipinski definition) is 3. The lowest BCUT2D eigenvalue weighted by molar-refractivity contribution is 0.253. The molecular weight excluding hydrogens is 337 g/mol. The molecule has 1 atom stereocenters. The van der Waals surface area contributed by atoms with Gasteiger partial charge in [0.15, 0.2) is 27.1 Å². The van der Waals surface area contributed by atoms with Crippen LogP contribution in [0.2, 0.25) is 57.5 Å². The Balaban J connectivity index is 5.65. The van der Waals surface area contributed by atoms with Gasteiger partial charge in [-0.15, -0.1) is 0 Å². The molecule has 0 aromatic rings. The first kappa shape index (κ1) is 20.9. The van der Waals surface area contributed by atoms with Gasteiger partial charge in [-0.3, -0.25) is 4.80 Å². The van der Waals surface area contributed by atoms with E-state index in [-0.39, 0.29) is 5.16 Å². The van der Waals surface area contributed by atoms with Crippen molar-refractivity contribution < 1.29 is 17.1 Å². The van der Waals surface area contributed by atoms with Crippen molar-refractivity contribution >= 4 is 44.2 Å². The van der Waals surface area contributed by atoms with E-state index in [0.29, 0.717) is 0 Å². The molecule has 0 saturated carbocycles. The first-order valence-corrected chi connectivity index (χ1v) is 20.8. The van der Waals surface area contributed by atoms with Crippen LogP contribution in [0.4, 0.5) is 0 Å². The second kappa shape index (κ2) is 8.53. The molecule has 0 heterocycles. The number of rotatable bonds is 9. The zero-order valence-electron chi connectivity index (χ0n) is 14.6. The largest absolute Gasteiger partial charge is 0.471 e. The molecule has 0 aromatic heterocycles. The summed E-state index contributed by atoms with van der Waals surface area (Å²) in [4.78, 5) is 12.8. The normalized spacial score (nSPS) is 15.4. The van der Waals surface area contributed by atoms with Gasteiger partial charge in [-0.1, -0.05) is 6.92 Å².